The second kappa shape index (κ2) is 9.79. The number of benzene rings is 1. The Kier molecular flexibility index (Phi) is 6.81. The van der Waals surface area contributed by atoms with E-state index in [2.05, 4.69) is 37.0 Å². The molecular weight excluding hydrogens is 525 g/mol. The number of nitro groups is 1. The molecule has 0 fully saturated rings. The van der Waals surface area contributed by atoms with Crippen molar-refractivity contribution in [2.45, 2.75) is 32.4 Å². The van der Waals surface area contributed by atoms with Crippen molar-refractivity contribution in [1.29, 1.82) is 5.26 Å². The minimum atomic E-state index is -0.742. The second-order valence-corrected chi connectivity index (χ2v) is 9.40. The number of aliphatic imine (C=N–C) groups is 1. The van der Waals surface area contributed by atoms with Gasteiger partial charge in [0.2, 0.25) is 5.75 Å². The molecule has 0 amide bonds. The van der Waals surface area contributed by atoms with Crippen LogP contribution in [0.1, 0.15) is 30.4 Å². The number of allylic oxidation sites excluding steroid dienone is 1. The number of halogens is 2. The van der Waals surface area contributed by atoms with Crippen LogP contribution in [0.4, 0.5) is 10.2 Å². The van der Waals surface area contributed by atoms with Crippen LogP contribution in [0.3, 0.4) is 0 Å². The number of rotatable bonds is 7. The maximum absolute atomic E-state index is 14.3. The van der Waals surface area contributed by atoms with E-state index >= 15 is 0 Å². The van der Waals surface area contributed by atoms with Crippen molar-refractivity contribution in [3.63, 3.8) is 0 Å². The summed E-state index contributed by atoms with van der Waals surface area (Å²) >= 11 is 4.70. The third-order valence-electron chi connectivity index (χ3n) is 5.29. The summed E-state index contributed by atoms with van der Waals surface area (Å²) in [5, 5.41) is 20.5. The summed E-state index contributed by atoms with van der Waals surface area (Å²) in [4.78, 5) is 24.3. The predicted molar refractivity (Wildman–Crippen MR) is 129 cm³/mol. The molecule has 0 radical (unpaired) electrons. The second-order valence-electron chi connectivity index (χ2n) is 7.55. The van der Waals surface area contributed by atoms with Crippen molar-refractivity contribution >= 4 is 38.8 Å². The number of hydrogen-bond acceptors (Lipinski definition) is 8. The average molecular weight is 542 g/mol. The minimum Gasteiger partial charge on any atom is -0.478 e. The van der Waals surface area contributed by atoms with E-state index < -0.39 is 22.7 Å². The molecule has 0 saturated heterocycles. The van der Waals surface area contributed by atoms with E-state index in [0.29, 0.717) is 33.4 Å². The molecule has 1 aliphatic rings. The van der Waals surface area contributed by atoms with Crippen molar-refractivity contribution in [3.05, 3.63) is 78.5 Å². The molecule has 2 aromatic heterocycles. The smallest absolute Gasteiger partial charge is 0.406 e. The molecule has 0 saturated carbocycles. The lowest BCUT2D eigenvalue weighted by molar-refractivity contribution is -0.390. The lowest BCUT2D eigenvalue weighted by atomic mass is 9.97. The van der Waals surface area contributed by atoms with Gasteiger partial charge in [0.1, 0.15) is 23.7 Å². The Labute approximate surface area is 206 Å². The SMILES string of the molecule is CC1N=C(C#N)C=C1Cc1scnc1-c1ccc(F)cc1[C@@H](C)Oc1cc(Br)cnc1[N+](=O)[O-]. The van der Waals surface area contributed by atoms with Crippen molar-refractivity contribution in [1.82, 2.24) is 9.97 Å². The number of thiazole rings is 1. The van der Waals surface area contributed by atoms with Gasteiger partial charge in [-0.05, 0) is 69.5 Å². The van der Waals surface area contributed by atoms with Gasteiger partial charge in [-0.3, -0.25) is 4.99 Å². The maximum atomic E-state index is 14.3. The van der Waals surface area contributed by atoms with Gasteiger partial charge in [0.15, 0.2) is 6.20 Å². The highest BCUT2D eigenvalue weighted by Crippen LogP contribution is 2.37. The Hall–Kier alpha value is -3.49. The van der Waals surface area contributed by atoms with Crippen LogP contribution in [-0.4, -0.2) is 26.6 Å². The van der Waals surface area contributed by atoms with Crippen LogP contribution in [0.2, 0.25) is 0 Å². The highest BCUT2D eigenvalue weighted by Gasteiger charge is 2.25. The summed E-state index contributed by atoms with van der Waals surface area (Å²) < 4.78 is 20.7. The zero-order chi connectivity index (χ0) is 24.4. The quantitative estimate of drug-likeness (QED) is 0.268. The van der Waals surface area contributed by atoms with Crippen LogP contribution in [0, 0.1) is 27.3 Å². The Morgan fingerprint density at radius 2 is 2.18 bits per heavy atom. The van der Waals surface area contributed by atoms with E-state index in [-0.39, 0.29) is 11.8 Å². The Morgan fingerprint density at radius 3 is 2.88 bits per heavy atom. The lowest BCUT2D eigenvalue weighted by Crippen LogP contribution is -2.08. The van der Waals surface area contributed by atoms with E-state index in [9.17, 15) is 14.5 Å². The van der Waals surface area contributed by atoms with Gasteiger partial charge in [0, 0.05) is 28.5 Å². The standard InChI is InChI=1S/C23H17BrFN5O3S/c1-12-14(5-17(9-26)29-12)6-21-22(28-11-34-21)18-4-3-16(25)8-19(18)13(2)33-20-7-15(24)10-27-23(20)30(31)32/h3-5,7-8,10-13H,6H2,1-2H3/t12?,13-/m1/s1. The Balaban J connectivity index is 1.69. The molecule has 0 N–H and O–H groups in total. The summed E-state index contributed by atoms with van der Waals surface area (Å²) in [6.45, 7) is 3.61. The van der Waals surface area contributed by atoms with Gasteiger partial charge in [-0.25, -0.2) is 9.37 Å². The monoisotopic (exact) mass is 541 g/mol. The molecule has 1 unspecified atom stereocenters. The van der Waals surface area contributed by atoms with Crippen molar-refractivity contribution in [3.8, 4) is 23.1 Å². The summed E-state index contributed by atoms with van der Waals surface area (Å²) in [6.07, 6.45) is 2.90. The average Bonchev–Trinajstić information content (AvgIpc) is 3.40. The fourth-order valence-corrected chi connectivity index (χ4v) is 4.78. The zero-order valence-corrected chi connectivity index (χ0v) is 20.4. The van der Waals surface area contributed by atoms with Gasteiger partial charge in [0.05, 0.1) is 21.7 Å². The molecule has 8 nitrogen and oxygen atoms in total. The van der Waals surface area contributed by atoms with Gasteiger partial charge >= 0.3 is 5.82 Å². The number of nitrogens with zero attached hydrogens (tertiary/aromatic N) is 5. The van der Waals surface area contributed by atoms with Crippen molar-refractivity contribution < 1.29 is 14.1 Å². The number of nitriles is 1. The highest BCUT2D eigenvalue weighted by atomic mass is 79.9. The van der Waals surface area contributed by atoms with E-state index in [4.69, 9.17) is 10.00 Å². The minimum absolute atomic E-state index is 0.0355. The molecule has 2 atom stereocenters. The normalized spacial score (nSPS) is 15.9. The van der Waals surface area contributed by atoms with Crippen LogP contribution in [-0.2, 0) is 6.42 Å². The Bertz CT molecular complexity index is 1380. The number of aromatic nitrogens is 2. The van der Waals surface area contributed by atoms with E-state index in [1.165, 1.54) is 35.7 Å². The molecule has 34 heavy (non-hydrogen) atoms. The molecular formula is C23H17BrFN5O3S. The third-order valence-corrected chi connectivity index (χ3v) is 6.56. The fourth-order valence-electron chi connectivity index (χ4n) is 3.66. The van der Waals surface area contributed by atoms with Crippen molar-refractivity contribution in [2.24, 2.45) is 4.99 Å². The molecule has 11 heteroatoms. The largest absolute Gasteiger partial charge is 0.478 e. The molecule has 3 aromatic rings. The molecule has 0 spiro atoms. The molecule has 172 valence electrons. The predicted octanol–water partition coefficient (Wildman–Crippen LogP) is 5.99. The van der Waals surface area contributed by atoms with Gasteiger partial charge in [-0.2, -0.15) is 5.26 Å². The van der Waals surface area contributed by atoms with Gasteiger partial charge in [-0.15, -0.1) is 11.3 Å². The van der Waals surface area contributed by atoms with Crippen molar-refractivity contribution in [2.75, 3.05) is 0 Å². The number of hydrogen-bond donors (Lipinski definition) is 0. The fraction of sp³-hybridized carbons (Fsp3) is 0.217. The molecule has 1 aliphatic heterocycles. The molecule has 4 rings (SSSR count). The first-order valence-corrected chi connectivity index (χ1v) is 11.8. The number of ether oxygens (including phenoxy) is 1. The first-order chi connectivity index (χ1) is 16.3. The first kappa shape index (κ1) is 23.7. The van der Waals surface area contributed by atoms with Crippen LogP contribution in [0.15, 0.2) is 57.1 Å². The van der Waals surface area contributed by atoms with Crippen LogP contribution >= 0.6 is 27.3 Å². The maximum Gasteiger partial charge on any atom is 0.406 e. The van der Waals surface area contributed by atoms with E-state index in [1.54, 1.807) is 24.6 Å². The van der Waals surface area contributed by atoms with Crippen LogP contribution in [0.5, 0.6) is 5.75 Å². The molecule has 0 aliphatic carbocycles. The molecule has 0 bridgehead atoms. The van der Waals surface area contributed by atoms with E-state index in [0.717, 1.165) is 10.5 Å². The van der Waals surface area contributed by atoms with Gasteiger partial charge < -0.3 is 14.9 Å². The first-order valence-electron chi connectivity index (χ1n) is 10.1. The third kappa shape index (κ3) is 4.88. The lowest BCUT2D eigenvalue weighted by Gasteiger charge is -2.18. The van der Waals surface area contributed by atoms with Gasteiger partial charge in [-0.1, -0.05) is 0 Å². The van der Waals surface area contributed by atoms with Crippen LogP contribution < -0.4 is 4.74 Å². The summed E-state index contributed by atoms with van der Waals surface area (Å²) in [5.74, 6) is -0.934. The van der Waals surface area contributed by atoms with Gasteiger partial charge in [0.25, 0.3) is 0 Å². The van der Waals surface area contributed by atoms with E-state index in [1.807, 2.05) is 6.92 Å². The molecule has 1 aromatic carbocycles. The topological polar surface area (TPSA) is 114 Å². The molecule has 3 heterocycles. The summed E-state index contributed by atoms with van der Waals surface area (Å²) in [5.41, 5.74) is 4.90. The number of pyridine rings is 1. The summed E-state index contributed by atoms with van der Waals surface area (Å²) in [6, 6.07) is 7.72. The summed E-state index contributed by atoms with van der Waals surface area (Å²) in [7, 11) is 0. The highest BCUT2D eigenvalue weighted by molar-refractivity contribution is 9.10. The Morgan fingerprint density at radius 1 is 1.38 bits per heavy atom. The van der Waals surface area contributed by atoms with Crippen LogP contribution in [0.25, 0.3) is 11.3 Å². The zero-order valence-electron chi connectivity index (χ0n) is 18.0.